The van der Waals surface area contributed by atoms with Gasteiger partial charge in [0.1, 0.15) is 6.61 Å². The van der Waals surface area contributed by atoms with Crippen LogP contribution in [0.5, 0.6) is 11.5 Å². The van der Waals surface area contributed by atoms with Crippen molar-refractivity contribution in [1.82, 2.24) is 10.4 Å². The van der Waals surface area contributed by atoms with E-state index in [-0.39, 0.29) is 12.3 Å². The molecule has 150 valence electrons. The Morgan fingerprint density at radius 2 is 2.00 bits per heavy atom. The summed E-state index contributed by atoms with van der Waals surface area (Å²) in [6.45, 7) is 4.81. The molecule has 1 N–H and O–H groups in total. The van der Waals surface area contributed by atoms with Crippen LogP contribution < -0.4 is 14.9 Å². The van der Waals surface area contributed by atoms with Crippen LogP contribution in [0.25, 0.3) is 0 Å². The van der Waals surface area contributed by atoms with E-state index >= 15 is 0 Å². The molecule has 0 aliphatic rings. The van der Waals surface area contributed by atoms with Gasteiger partial charge >= 0.3 is 0 Å². The zero-order chi connectivity index (χ0) is 20.5. The summed E-state index contributed by atoms with van der Waals surface area (Å²) in [5.41, 5.74) is 5.15. The first-order valence-corrected chi connectivity index (χ1v) is 10.2. The van der Waals surface area contributed by atoms with E-state index in [4.69, 9.17) is 9.47 Å². The SMILES string of the molecule is CCOc1cc(/C=N\NC(=O)Cc2csc(C)n2)ccc1OCc1ccccc1. The first-order chi connectivity index (χ1) is 14.1. The van der Waals surface area contributed by atoms with Gasteiger partial charge in [-0.25, -0.2) is 10.4 Å². The average molecular weight is 410 g/mol. The molecule has 1 aromatic heterocycles. The maximum Gasteiger partial charge on any atom is 0.246 e. The Morgan fingerprint density at radius 3 is 2.72 bits per heavy atom. The lowest BCUT2D eigenvalue weighted by Gasteiger charge is -2.12. The second-order valence-corrected chi connectivity index (χ2v) is 7.30. The fourth-order valence-corrected chi connectivity index (χ4v) is 3.21. The maximum atomic E-state index is 12.0. The number of nitrogens with zero attached hydrogens (tertiary/aromatic N) is 2. The number of carbonyl (C=O) groups excluding carboxylic acids is 1. The fraction of sp³-hybridized carbons (Fsp3) is 0.227. The normalized spacial score (nSPS) is 10.8. The largest absolute Gasteiger partial charge is 0.490 e. The number of carbonyl (C=O) groups is 1. The molecule has 0 saturated heterocycles. The molecule has 1 amide bonds. The zero-order valence-electron chi connectivity index (χ0n) is 16.4. The van der Waals surface area contributed by atoms with Gasteiger partial charge in [-0.05, 0) is 43.2 Å². The van der Waals surface area contributed by atoms with Crippen molar-refractivity contribution < 1.29 is 14.3 Å². The molecule has 0 bridgehead atoms. The third-order valence-electron chi connectivity index (χ3n) is 3.92. The summed E-state index contributed by atoms with van der Waals surface area (Å²) in [4.78, 5) is 16.2. The van der Waals surface area contributed by atoms with E-state index in [1.807, 2.05) is 67.8 Å². The molecule has 1 heterocycles. The number of ether oxygens (including phenoxy) is 2. The molecule has 3 rings (SSSR count). The second kappa shape index (κ2) is 10.4. The zero-order valence-corrected chi connectivity index (χ0v) is 17.2. The molecule has 0 unspecified atom stereocenters. The molecular weight excluding hydrogens is 386 g/mol. The first-order valence-electron chi connectivity index (χ1n) is 9.30. The standard InChI is InChI=1S/C22H23N3O3S/c1-3-27-21-11-18(9-10-20(21)28-14-17-7-5-4-6-8-17)13-23-25-22(26)12-19-15-29-16(2)24-19/h4-11,13,15H,3,12,14H2,1-2H3,(H,25,26)/b23-13-. The van der Waals surface area contributed by atoms with Gasteiger partial charge in [-0.15, -0.1) is 11.3 Å². The molecular formula is C22H23N3O3S. The number of hydrazone groups is 1. The summed E-state index contributed by atoms with van der Waals surface area (Å²) in [6, 6.07) is 15.5. The van der Waals surface area contributed by atoms with Crippen LogP contribution in [0, 0.1) is 6.92 Å². The predicted octanol–water partition coefficient (Wildman–Crippen LogP) is 4.12. The number of nitrogens with one attached hydrogen (secondary N) is 1. The Bertz CT molecular complexity index is 970. The number of hydrogen-bond acceptors (Lipinski definition) is 6. The van der Waals surface area contributed by atoms with E-state index in [1.54, 1.807) is 6.21 Å². The van der Waals surface area contributed by atoms with Crippen LogP contribution in [0.1, 0.15) is 28.8 Å². The number of aromatic nitrogens is 1. The Kier molecular flexibility index (Phi) is 7.35. The molecule has 7 heteroatoms. The lowest BCUT2D eigenvalue weighted by molar-refractivity contribution is -0.120. The van der Waals surface area contributed by atoms with E-state index in [0.717, 1.165) is 21.8 Å². The highest BCUT2D eigenvalue weighted by Gasteiger charge is 2.07. The predicted molar refractivity (Wildman–Crippen MR) is 115 cm³/mol. The van der Waals surface area contributed by atoms with Crippen LogP contribution >= 0.6 is 11.3 Å². The molecule has 6 nitrogen and oxygen atoms in total. The Hall–Kier alpha value is -3.19. The highest BCUT2D eigenvalue weighted by Crippen LogP contribution is 2.28. The van der Waals surface area contributed by atoms with Crippen molar-refractivity contribution in [3.05, 3.63) is 75.7 Å². The topological polar surface area (TPSA) is 72.8 Å². The molecule has 0 fully saturated rings. The van der Waals surface area contributed by atoms with Crippen LogP contribution in [0.2, 0.25) is 0 Å². The monoisotopic (exact) mass is 409 g/mol. The highest BCUT2D eigenvalue weighted by molar-refractivity contribution is 7.09. The molecule has 0 spiro atoms. The van der Waals surface area contributed by atoms with Crippen molar-refractivity contribution in [3.63, 3.8) is 0 Å². The second-order valence-electron chi connectivity index (χ2n) is 6.24. The van der Waals surface area contributed by atoms with Gasteiger partial charge in [0.15, 0.2) is 11.5 Å². The molecule has 0 aliphatic carbocycles. The van der Waals surface area contributed by atoms with Gasteiger partial charge in [-0.3, -0.25) is 4.79 Å². The van der Waals surface area contributed by atoms with Crippen LogP contribution in [0.15, 0.2) is 59.0 Å². The minimum Gasteiger partial charge on any atom is -0.490 e. The van der Waals surface area contributed by atoms with E-state index in [1.165, 1.54) is 11.3 Å². The number of thiazole rings is 1. The fourth-order valence-electron chi connectivity index (χ4n) is 2.60. The molecule has 0 radical (unpaired) electrons. The lowest BCUT2D eigenvalue weighted by Crippen LogP contribution is -2.19. The number of rotatable bonds is 9. The summed E-state index contributed by atoms with van der Waals surface area (Å²) < 4.78 is 11.6. The first kappa shape index (κ1) is 20.5. The van der Waals surface area contributed by atoms with Gasteiger partial charge in [-0.1, -0.05) is 30.3 Å². The van der Waals surface area contributed by atoms with Crippen LogP contribution in [-0.4, -0.2) is 23.7 Å². The average Bonchev–Trinajstić information content (AvgIpc) is 3.13. The molecule has 3 aromatic rings. The van der Waals surface area contributed by atoms with Crippen molar-refractivity contribution in [2.45, 2.75) is 26.9 Å². The minimum atomic E-state index is -0.209. The maximum absolute atomic E-state index is 12.0. The van der Waals surface area contributed by atoms with E-state index in [0.29, 0.717) is 24.7 Å². The summed E-state index contributed by atoms with van der Waals surface area (Å²) >= 11 is 1.52. The third-order valence-corrected chi connectivity index (χ3v) is 4.74. The molecule has 29 heavy (non-hydrogen) atoms. The summed E-state index contributed by atoms with van der Waals surface area (Å²) in [7, 11) is 0. The van der Waals surface area contributed by atoms with Gasteiger partial charge in [0.2, 0.25) is 5.91 Å². The van der Waals surface area contributed by atoms with Crippen molar-refractivity contribution in [3.8, 4) is 11.5 Å². The molecule has 0 atom stereocenters. The van der Waals surface area contributed by atoms with Gasteiger partial charge < -0.3 is 9.47 Å². The number of amides is 1. The molecule has 0 aliphatic heterocycles. The van der Waals surface area contributed by atoms with E-state index in [9.17, 15) is 4.79 Å². The quantitative estimate of drug-likeness (QED) is 0.426. The van der Waals surface area contributed by atoms with Gasteiger partial charge in [-0.2, -0.15) is 5.10 Å². The Balaban J connectivity index is 1.59. The molecule has 2 aromatic carbocycles. The highest BCUT2D eigenvalue weighted by atomic mass is 32.1. The Morgan fingerprint density at radius 1 is 1.17 bits per heavy atom. The van der Waals surface area contributed by atoms with Crippen molar-refractivity contribution >= 4 is 23.5 Å². The van der Waals surface area contributed by atoms with Crippen LogP contribution in [-0.2, 0) is 17.8 Å². The lowest BCUT2D eigenvalue weighted by atomic mass is 10.2. The number of hydrogen-bond donors (Lipinski definition) is 1. The summed E-state index contributed by atoms with van der Waals surface area (Å²) in [6.07, 6.45) is 1.78. The van der Waals surface area contributed by atoms with E-state index in [2.05, 4.69) is 15.5 Å². The van der Waals surface area contributed by atoms with Crippen molar-refractivity contribution in [2.75, 3.05) is 6.61 Å². The van der Waals surface area contributed by atoms with Crippen LogP contribution in [0.4, 0.5) is 0 Å². The molecule has 0 saturated carbocycles. The number of aryl methyl sites for hydroxylation is 1. The Labute approximate surface area is 174 Å². The minimum absolute atomic E-state index is 0.206. The van der Waals surface area contributed by atoms with Gasteiger partial charge in [0.05, 0.1) is 29.9 Å². The van der Waals surface area contributed by atoms with Crippen LogP contribution in [0.3, 0.4) is 0 Å². The van der Waals surface area contributed by atoms with Crippen molar-refractivity contribution in [2.24, 2.45) is 5.10 Å². The van der Waals surface area contributed by atoms with Crippen molar-refractivity contribution in [1.29, 1.82) is 0 Å². The summed E-state index contributed by atoms with van der Waals surface area (Å²) in [5.74, 6) is 1.09. The summed E-state index contributed by atoms with van der Waals surface area (Å²) in [5, 5.41) is 6.84. The smallest absolute Gasteiger partial charge is 0.246 e. The third kappa shape index (κ3) is 6.43. The van der Waals surface area contributed by atoms with Gasteiger partial charge in [0.25, 0.3) is 0 Å². The van der Waals surface area contributed by atoms with Gasteiger partial charge in [0, 0.05) is 5.38 Å². The number of benzene rings is 2. The van der Waals surface area contributed by atoms with E-state index < -0.39 is 0 Å².